The fourth-order valence-electron chi connectivity index (χ4n) is 1.89. The fraction of sp³-hybridized carbons (Fsp3) is 0.0769. The number of hydrogen-bond acceptors (Lipinski definition) is 3. The van der Waals surface area contributed by atoms with Gasteiger partial charge in [0.1, 0.15) is 4.70 Å². The smallest absolute Gasteiger partial charge is 0.306 e. The van der Waals surface area contributed by atoms with Gasteiger partial charge in [0.25, 0.3) is 5.56 Å². The molecular formula is C13H9BrN2O2S. The Bertz CT molecular complexity index is 845. The van der Waals surface area contributed by atoms with Crippen LogP contribution < -0.4 is 11.2 Å². The van der Waals surface area contributed by atoms with E-state index in [-0.39, 0.29) is 17.8 Å². The quantitative estimate of drug-likeness (QED) is 0.781. The van der Waals surface area contributed by atoms with Crippen LogP contribution in [0.2, 0.25) is 0 Å². The zero-order valence-electron chi connectivity index (χ0n) is 9.72. The highest BCUT2D eigenvalue weighted by molar-refractivity contribution is 9.10. The Kier molecular flexibility index (Phi) is 3.12. The van der Waals surface area contributed by atoms with Gasteiger partial charge in [-0.25, -0.2) is 4.79 Å². The Morgan fingerprint density at radius 3 is 2.63 bits per heavy atom. The summed E-state index contributed by atoms with van der Waals surface area (Å²) in [4.78, 5) is 26.9. The van der Waals surface area contributed by atoms with Crippen LogP contribution in [0.25, 0.3) is 10.2 Å². The van der Waals surface area contributed by atoms with Crippen LogP contribution in [0.5, 0.6) is 0 Å². The number of benzene rings is 1. The van der Waals surface area contributed by atoms with Gasteiger partial charge in [-0.3, -0.25) is 9.36 Å². The monoisotopic (exact) mass is 336 g/mol. The minimum Gasteiger partial charge on any atom is -0.306 e. The van der Waals surface area contributed by atoms with E-state index in [4.69, 9.17) is 0 Å². The van der Waals surface area contributed by atoms with E-state index in [9.17, 15) is 9.59 Å². The average Bonchev–Trinajstić information content (AvgIpc) is 2.85. The van der Waals surface area contributed by atoms with Crippen molar-refractivity contribution in [3.63, 3.8) is 0 Å². The van der Waals surface area contributed by atoms with Crippen LogP contribution in [0.4, 0.5) is 0 Å². The number of aromatic nitrogens is 2. The summed E-state index contributed by atoms with van der Waals surface area (Å²) < 4.78 is 2.77. The van der Waals surface area contributed by atoms with Gasteiger partial charge in [-0.05, 0) is 29.1 Å². The summed E-state index contributed by atoms with van der Waals surface area (Å²) in [6.07, 6.45) is 0. The van der Waals surface area contributed by atoms with Crippen LogP contribution in [0.3, 0.4) is 0 Å². The van der Waals surface area contributed by atoms with Crippen molar-refractivity contribution in [2.45, 2.75) is 6.54 Å². The van der Waals surface area contributed by atoms with E-state index >= 15 is 0 Å². The molecule has 0 spiro atoms. The first-order chi connectivity index (χ1) is 9.15. The second-order valence-electron chi connectivity index (χ2n) is 4.11. The summed E-state index contributed by atoms with van der Waals surface area (Å²) in [7, 11) is 0. The van der Waals surface area contributed by atoms with Gasteiger partial charge in [-0.15, -0.1) is 11.3 Å². The van der Waals surface area contributed by atoms with E-state index in [0.29, 0.717) is 10.2 Å². The Hall–Kier alpha value is -1.66. The summed E-state index contributed by atoms with van der Waals surface area (Å²) in [5.41, 5.74) is 0.897. The molecule has 0 aliphatic carbocycles. The molecule has 2 aromatic heterocycles. The first-order valence-corrected chi connectivity index (χ1v) is 7.27. The van der Waals surface area contributed by atoms with Crippen molar-refractivity contribution in [1.29, 1.82) is 0 Å². The highest BCUT2D eigenvalue weighted by Crippen LogP contribution is 2.13. The Balaban J connectivity index is 2.12. The summed E-state index contributed by atoms with van der Waals surface area (Å²) >= 11 is 4.69. The molecule has 0 aliphatic heterocycles. The summed E-state index contributed by atoms with van der Waals surface area (Å²) in [5, 5.41) is 1.80. The lowest BCUT2D eigenvalue weighted by molar-refractivity contribution is 0.713. The van der Waals surface area contributed by atoms with Gasteiger partial charge in [0.05, 0.1) is 12.1 Å². The molecule has 6 heteroatoms. The lowest BCUT2D eigenvalue weighted by Crippen LogP contribution is -2.34. The third-order valence-corrected chi connectivity index (χ3v) is 4.28. The minimum absolute atomic E-state index is 0.239. The predicted octanol–water partition coefficient (Wildman–Crippen LogP) is 2.56. The van der Waals surface area contributed by atoms with E-state index in [2.05, 4.69) is 20.9 Å². The van der Waals surface area contributed by atoms with Crippen LogP contribution >= 0.6 is 27.3 Å². The number of nitrogens with zero attached hydrogens (tertiary/aromatic N) is 1. The SMILES string of the molecule is O=c1[nH]c2ccsc2c(=O)n1Cc1ccc(Br)cc1. The zero-order chi connectivity index (χ0) is 13.4. The standard InChI is InChI=1S/C13H9BrN2O2S/c14-9-3-1-8(2-4-9)7-16-12(17)11-10(5-6-19-11)15-13(16)18/h1-6H,7H2,(H,15,18). The fourth-order valence-corrected chi connectivity index (χ4v) is 2.95. The van der Waals surface area contributed by atoms with Crippen molar-refractivity contribution in [2.75, 3.05) is 0 Å². The van der Waals surface area contributed by atoms with Gasteiger partial charge in [0.15, 0.2) is 0 Å². The molecule has 0 bridgehead atoms. The van der Waals surface area contributed by atoms with Crippen LogP contribution in [-0.2, 0) is 6.54 Å². The van der Waals surface area contributed by atoms with E-state index in [0.717, 1.165) is 10.0 Å². The average molecular weight is 337 g/mol. The number of aromatic amines is 1. The van der Waals surface area contributed by atoms with Gasteiger partial charge < -0.3 is 4.98 Å². The molecular weight excluding hydrogens is 328 g/mol. The van der Waals surface area contributed by atoms with Gasteiger partial charge in [0, 0.05) is 4.47 Å². The van der Waals surface area contributed by atoms with E-state index in [1.807, 2.05) is 24.3 Å². The van der Waals surface area contributed by atoms with Crippen molar-refractivity contribution in [3.05, 3.63) is 66.6 Å². The number of fused-ring (bicyclic) bond motifs is 1. The zero-order valence-corrected chi connectivity index (χ0v) is 12.1. The summed E-state index contributed by atoms with van der Waals surface area (Å²) in [6, 6.07) is 9.28. The van der Waals surface area contributed by atoms with Crippen molar-refractivity contribution in [1.82, 2.24) is 9.55 Å². The first kappa shape index (κ1) is 12.4. The number of thiophene rings is 1. The highest BCUT2D eigenvalue weighted by Gasteiger charge is 2.08. The molecule has 0 amide bonds. The third kappa shape index (κ3) is 2.29. The number of hydrogen-bond donors (Lipinski definition) is 1. The topological polar surface area (TPSA) is 54.9 Å². The molecule has 0 saturated heterocycles. The third-order valence-electron chi connectivity index (χ3n) is 2.85. The number of halogens is 1. The predicted molar refractivity (Wildman–Crippen MR) is 79.9 cm³/mol. The molecule has 96 valence electrons. The Morgan fingerprint density at radius 2 is 1.89 bits per heavy atom. The van der Waals surface area contributed by atoms with Gasteiger partial charge >= 0.3 is 5.69 Å². The molecule has 0 fully saturated rings. The second kappa shape index (κ2) is 4.79. The Labute approximate surface area is 120 Å². The maximum atomic E-state index is 12.2. The largest absolute Gasteiger partial charge is 0.329 e. The summed E-state index contributed by atoms with van der Waals surface area (Å²) in [5.74, 6) is 0. The molecule has 2 heterocycles. The van der Waals surface area contributed by atoms with E-state index in [1.165, 1.54) is 15.9 Å². The second-order valence-corrected chi connectivity index (χ2v) is 5.94. The molecule has 1 N–H and O–H groups in total. The van der Waals surface area contributed by atoms with Crippen molar-refractivity contribution in [2.24, 2.45) is 0 Å². The van der Waals surface area contributed by atoms with Crippen molar-refractivity contribution >= 4 is 37.5 Å². The van der Waals surface area contributed by atoms with Crippen molar-refractivity contribution < 1.29 is 0 Å². The molecule has 0 unspecified atom stereocenters. The maximum absolute atomic E-state index is 12.2. The lowest BCUT2D eigenvalue weighted by Gasteiger charge is -2.05. The highest BCUT2D eigenvalue weighted by atomic mass is 79.9. The first-order valence-electron chi connectivity index (χ1n) is 5.60. The van der Waals surface area contributed by atoms with Crippen LogP contribution in [-0.4, -0.2) is 9.55 Å². The summed E-state index contributed by atoms with van der Waals surface area (Å²) in [6.45, 7) is 0.273. The molecule has 3 rings (SSSR count). The Morgan fingerprint density at radius 1 is 1.16 bits per heavy atom. The molecule has 3 aromatic rings. The van der Waals surface area contributed by atoms with Crippen LogP contribution in [0.15, 0.2) is 49.8 Å². The van der Waals surface area contributed by atoms with Gasteiger partial charge in [-0.1, -0.05) is 28.1 Å². The van der Waals surface area contributed by atoms with Gasteiger partial charge in [0.2, 0.25) is 0 Å². The molecule has 19 heavy (non-hydrogen) atoms. The molecule has 1 aromatic carbocycles. The van der Waals surface area contributed by atoms with Crippen molar-refractivity contribution in [3.8, 4) is 0 Å². The lowest BCUT2D eigenvalue weighted by atomic mass is 10.2. The normalized spacial score (nSPS) is 11.0. The molecule has 0 saturated carbocycles. The molecule has 4 nitrogen and oxygen atoms in total. The van der Waals surface area contributed by atoms with E-state index < -0.39 is 0 Å². The van der Waals surface area contributed by atoms with Crippen LogP contribution in [0, 0.1) is 0 Å². The van der Waals surface area contributed by atoms with Crippen LogP contribution in [0.1, 0.15) is 5.56 Å². The molecule has 0 atom stereocenters. The molecule has 0 radical (unpaired) electrons. The minimum atomic E-state index is -0.376. The number of rotatable bonds is 2. The molecule has 0 aliphatic rings. The number of H-pyrrole nitrogens is 1. The van der Waals surface area contributed by atoms with Gasteiger partial charge in [-0.2, -0.15) is 0 Å². The van der Waals surface area contributed by atoms with E-state index in [1.54, 1.807) is 11.4 Å². The maximum Gasteiger partial charge on any atom is 0.329 e. The number of nitrogens with one attached hydrogen (secondary N) is 1.